The minimum Gasteiger partial charge on any atom is -0.354 e. The van der Waals surface area contributed by atoms with Crippen LogP contribution in [0.1, 0.15) is 39.2 Å². The number of anilines is 2. The topological polar surface area (TPSA) is 143 Å². The van der Waals surface area contributed by atoms with Crippen molar-refractivity contribution in [3.8, 4) is 17.1 Å². The van der Waals surface area contributed by atoms with E-state index < -0.39 is 0 Å². The summed E-state index contributed by atoms with van der Waals surface area (Å²) in [6, 6.07) is 12.9. The standard InChI is InChI=1S/C25H23N9O2/c1-13-5-9-20(32-30-13)28-16-6-8-18-19(11-16)34(12-27-18)21-10-7-17(15(3)35)23(29-21)22-14(2)31-33-24(22)25(36)26-4/h5-12H,1-4H3,(H,26,36)(H,28,32)(H,31,33). The van der Waals surface area contributed by atoms with Crippen molar-refractivity contribution < 1.29 is 9.59 Å². The first-order valence-electron chi connectivity index (χ1n) is 11.2. The lowest BCUT2D eigenvalue weighted by Gasteiger charge is -2.12. The Morgan fingerprint density at radius 2 is 1.86 bits per heavy atom. The highest BCUT2D eigenvalue weighted by molar-refractivity contribution is 6.05. The molecule has 180 valence electrons. The number of fused-ring (bicyclic) bond motifs is 1. The van der Waals surface area contributed by atoms with Crippen LogP contribution in [-0.2, 0) is 0 Å². The Morgan fingerprint density at radius 1 is 1.03 bits per heavy atom. The van der Waals surface area contributed by atoms with Crippen LogP contribution in [-0.4, -0.2) is 53.7 Å². The number of ketones is 1. The first-order chi connectivity index (χ1) is 17.4. The number of hydrogen-bond acceptors (Lipinski definition) is 8. The Balaban J connectivity index is 1.62. The molecule has 0 bridgehead atoms. The van der Waals surface area contributed by atoms with Crippen molar-refractivity contribution in [1.29, 1.82) is 0 Å². The summed E-state index contributed by atoms with van der Waals surface area (Å²) < 4.78 is 1.82. The predicted molar refractivity (Wildman–Crippen MR) is 135 cm³/mol. The molecule has 0 spiro atoms. The maximum atomic E-state index is 12.5. The van der Waals surface area contributed by atoms with E-state index >= 15 is 0 Å². The number of Topliss-reactive ketones (excluding diaryl/α,β-unsaturated/α-hetero) is 1. The Kier molecular flexibility index (Phi) is 5.72. The smallest absolute Gasteiger partial charge is 0.272 e. The first kappa shape index (κ1) is 22.8. The van der Waals surface area contributed by atoms with Gasteiger partial charge in [-0.15, -0.1) is 5.10 Å². The molecule has 1 amide bonds. The van der Waals surface area contributed by atoms with Crippen LogP contribution in [0, 0.1) is 13.8 Å². The highest BCUT2D eigenvalue weighted by atomic mass is 16.2. The normalized spacial score (nSPS) is 11.0. The SMILES string of the molecule is CNC(=O)c1n[nH]c(C)c1-c1nc(-n2cnc3ccc(Nc4ccc(C)nn4)cc32)ccc1C(C)=O. The Morgan fingerprint density at radius 3 is 2.58 bits per heavy atom. The number of H-pyrrole nitrogens is 1. The van der Waals surface area contributed by atoms with Crippen LogP contribution in [0.5, 0.6) is 0 Å². The summed E-state index contributed by atoms with van der Waals surface area (Å²) >= 11 is 0. The third-order valence-electron chi connectivity index (χ3n) is 5.75. The fourth-order valence-electron chi connectivity index (χ4n) is 3.94. The molecule has 4 aromatic heterocycles. The molecule has 11 nitrogen and oxygen atoms in total. The molecule has 0 fully saturated rings. The number of imidazole rings is 1. The van der Waals surface area contributed by atoms with E-state index in [0.29, 0.717) is 34.2 Å². The second kappa shape index (κ2) is 9.02. The monoisotopic (exact) mass is 481 g/mol. The van der Waals surface area contributed by atoms with Gasteiger partial charge in [-0.3, -0.25) is 19.3 Å². The maximum absolute atomic E-state index is 12.5. The van der Waals surface area contributed by atoms with Crippen molar-refractivity contribution in [2.75, 3.05) is 12.4 Å². The number of rotatable bonds is 6. The van der Waals surface area contributed by atoms with Gasteiger partial charge in [-0.1, -0.05) is 0 Å². The molecule has 4 heterocycles. The number of benzene rings is 1. The van der Waals surface area contributed by atoms with Crippen LogP contribution < -0.4 is 10.6 Å². The second-order valence-electron chi connectivity index (χ2n) is 8.28. The van der Waals surface area contributed by atoms with E-state index in [0.717, 1.165) is 22.4 Å². The minimum atomic E-state index is -0.376. The van der Waals surface area contributed by atoms with Gasteiger partial charge in [0.25, 0.3) is 5.91 Å². The van der Waals surface area contributed by atoms with Gasteiger partial charge in [0.1, 0.15) is 12.1 Å². The van der Waals surface area contributed by atoms with Crippen LogP contribution in [0.25, 0.3) is 28.1 Å². The first-order valence-corrected chi connectivity index (χ1v) is 11.2. The average Bonchev–Trinajstić information content (AvgIpc) is 3.47. The highest BCUT2D eigenvalue weighted by Crippen LogP contribution is 2.30. The van der Waals surface area contributed by atoms with Gasteiger partial charge >= 0.3 is 0 Å². The Hall–Kier alpha value is -4.93. The van der Waals surface area contributed by atoms with Crippen molar-refractivity contribution in [3.63, 3.8) is 0 Å². The van der Waals surface area contributed by atoms with Crippen molar-refractivity contribution in [2.24, 2.45) is 0 Å². The molecule has 0 aliphatic heterocycles. The fourth-order valence-corrected chi connectivity index (χ4v) is 3.94. The van der Waals surface area contributed by atoms with Crippen molar-refractivity contribution in [2.45, 2.75) is 20.8 Å². The van der Waals surface area contributed by atoms with Gasteiger partial charge in [0.05, 0.1) is 28.0 Å². The lowest BCUT2D eigenvalue weighted by molar-refractivity contribution is 0.0957. The second-order valence-corrected chi connectivity index (χ2v) is 8.28. The summed E-state index contributed by atoms with van der Waals surface area (Å²) in [6.07, 6.45) is 1.67. The average molecular weight is 482 g/mol. The molecule has 36 heavy (non-hydrogen) atoms. The van der Waals surface area contributed by atoms with E-state index in [1.807, 2.05) is 41.8 Å². The summed E-state index contributed by atoms with van der Waals surface area (Å²) in [5.74, 6) is 0.607. The van der Waals surface area contributed by atoms with Crippen LogP contribution in [0.3, 0.4) is 0 Å². The molecule has 11 heteroatoms. The number of nitrogens with zero attached hydrogens (tertiary/aromatic N) is 6. The van der Waals surface area contributed by atoms with Crippen molar-refractivity contribution >= 4 is 34.2 Å². The third kappa shape index (κ3) is 4.06. The Bertz CT molecular complexity index is 1620. The van der Waals surface area contributed by atoms with E-state index in [-0.39, 0.29) is 17.4 Å². The lowest BCUT2D eigenvalue weighted by atomic mass is 10.0. The number of nitrogens with one attached hydrogen (secondary N) is 3. The van der Waals surface area contributed by atoms with E-state index in [9.17, 15) is 9.59 Å². The molecular weight excluding hydrogens is 458 g/mol. The van der Waals surface area contributed by atoms with Gasteiger partial charge in [-0.25, -0.2) is 9.97 Å². The lowest BCUT2D eigenvalue weighted by Crippen LogP contribution is -2.19. The Labute approximate surface area is 206 Å². The highest BCUT2D eigenvalue weighted by Gasteiger charge is 2.24. The van der Waals surface area contributed by atoms with Gasteiger partial charge in [-0.05, 0) is 63.2 Å². The molecule has 0 saturated carbocycles. The van der Waals surface area contributed by atoms with Crippen LogP contribution in [0.4, 0.5) is 11.5 Å². The number of pyridine rings is 1. The van der Waals surface area contributed by atoms with Gasteiger partial charge in [0, 0.05) is 24.0 Å². The number of carbonyl (C=O) groups excluding carboxylic acids is 2. The van der Waals surface area contributed by atoms with Crippen LogP contribution in [0.2, 0.25) is 0 Å². The molecule has 0 radical (unpaired) electrons. The summed E-state index contributed by atoms with van der Waals surface area (Å²) in [6.45, 7) is 5.13. The largest absolute Gasteiger partial charge is 0.354 e. The van der Waals surface area contributed by atoms with E-state index in [1.54, 1.807) is 25.4 Å². The third-order valence-corrected chi connectivity index (χ3v) is 5.75. The number of amides is 1. The summed E-state index contributed by atoms with van der Waals surface area (Å²) in [4.78, 5) is 34.2. The molecule has 0 aliphatic carbocycles. The summed E-state index contributed by atoms with van der Waals surface area (Å²) in [7, 11) is 1.53. The molecule has 0 saturated heterocycles. The molecule has 5 rings (SSSR count). The van der Waals surface area contributed by atoms with Crippen molar-refractivity contribution in [3.05, 3.63) is 71.4 Å². The molecule has 3 N–H and O–H groups in total. The fraction of sp³-hybridized carbons (Fsp3) is 0.160. The quantitative estimate of drug-likeness (QED) is 0.313. The summed E-state index contributed by atoms with van der Waals surface area (Å²) in [5, 5.41) is 21.0. The maximum Gasteiger partial charge on any atom is 0.272 e. The van der Waals surface area contributed by atoms with Crippen LogP contribution >= 0.6 is 0 Å². The number of aryl methyl sites for hydroxylation is 2. The van der Waals surface area contributed by atoms with Crippen LogP contribution in [0.15, 0.2) is 48.8 Å². The van der Waals surface area contributed by atoms with Gasteiger partial charge in [0.2, 0.25) is 0 Å². The molecule has 0 aliphatic rings. The number of aromatic nitrogens is 7. The number of carbonyl (C=O) groups is 2. The van der Waals surface area contributed by atoms with Crippen molar-refractivity contribution in [1.82, 2.24) is 40.2 Å². The number of aromatic amines is 1. The van der Waals surface area contributed by atoms with Gasteiger partial charge in [-0.2, -0.15) is 10.2 Å². The zero-order valence-corrected chi connectivity index (χ0v) is 20.1. The van der Waals surface area contributed by atoms with E-state index in [1.165, 1.54) is 14.0 Å². The predicted octanol–water partition coefficient (Wildman–Crippen LogP) is 3.52. The molecule has 5 aromatic rings. The van der Waals surface area contributed by atoms with E-state index in [4.69, 9.17) is 4.98 Å². The zero-order valence-electron chi connectivity index (χ0n) is 20.1. The van der Waals surface area contributed by atoms with E-state index in [2.05, 4.69) is 36.0 Å². The molecule has 0 unspecified atom stereocenters. The number of hydrogen-bond donors (Lipinski definition) is 3. The van der Waals surface area contributed by atoms with Gasteiger partial charge in [0.15, 0.2) is 17.3 Å². The minimum absolute atomic E-state index is 0.170. The molecular formula is C25H23N9O2. The zero-order chi connectivity index (χ0) is 25.4. The molecule has 0 atom stereocenters. The molecule has 1 aromatic carbocycles. The van der Waals surface area contributed by atoms with Gasteiger partial charge < -0.3 is 10.6 Å². The summed E-state index contributed by atoms with van der Waals surface area (Å²) in [5.41, 5.74) is 5.22.